The Balaban J connectivity index is 1.56. The van der Waals surface area contributed by atoms with E-state index in [0.29, 0.717) is 44.4 Å². The van der Waals surface area contributed by atoms with Gasteiger partial charge in [-0.15, -0.1) is 0 Å². The number of hydrogen-bond donors (Lipinski definition) is 0. The van der Waals surface area contributed by atoms with E-state index in [1.807, 2.05) is 115 Å². The van der Waals surface area contributed by atoms with Gasteiger partial charge < -0.3 is 4.42 Å². The van der Waals surface area contributed by atoms with Crippen LogP contribution in [0.15, 0.2) is 162 Å². The van der Waals surface area contributed by atoms with Gasteiger partial charge in [0.15, 0.2) is 0 Å². The summed E-state index contributed by atoms with van der Waals surface area (Å²) in [6.45, 7) is 0. The molecule has 9 aromatic rings. The van der Waals surface area contributed by atoms with Crippen molar-refractivity contribution in [2.75, 3.05) is 0 Å². The molecule has 8 aromatic carbocycles. The molecule has 0 atom stereocenters. The highest BCUT2D eigenvalue weighted by atomic mass is 16.3. The summed E-state index contributed by atoms with van der Waals surface area (Å²) in [5.74, 6) is 0. The summed E-state index contributed by atoms with van der Waals surface area (Å²) >= 11 is 0. The number of benzene rings is 8. The van der Waals surface area contributed by atoms with Crippen molar-refractivity contribution in [1.82, 2.24) is 0 Å². The molecule has 0 spiro atoms. The zero-order valence-corrected chi connectivity index (χ0v) is 22.9. The van der Waals surface area contributed by atoms with Gasteiger partial charge in [0.25, 0.3) is 0 Å². The van der Waals surface area contributed by atoms with E-state index < -0.39 is 6.04 Å². The first kappa shape index (κ1) is 18.0. The van der Waals surface area contributed by atoms with Crippen molar-refractivity contribution >= 4 is 54.3 Å². The van der Waals surface area contributed by atoms with Gasteiger partial charge in [0.2, 0.25) is 0 Å². The summed E-state index contributed by atoms with van der Waals surface area (Å²) in [5.41, 5.74) is 4.31. The van der Waals surface area contributed by atoms with E-state index in [1.54, 1.807) is 0 Å². The third kappa shape index (κ3) is 3.79. The van der Waals surface area contributed by atoms with Gasteiger partial charge in [-0.25, -0.2) is 0 Å². The summed E-state index contributed by atoms with van der Waals surface area (Å²) in [4.78, 5) is 0. The van der Waals surface area contributed by atoms with Gasteiger partial charge in [0.1, 0.15) is 11.2 Å². The van der Waals surface area contributed by atoms with Crippen LogP contribution in [0.25, 0.3) is 87.6 Å². The fraction of sp³-hybridized carbons (Fsp3) is 0. The molecule has 1 heteroatoms. The second kappa shape index (κ2) is 9.44. The molecule has 0 aliphatic heterocycles. The average molecular weight is 554 g/mol. The number of para-hydroxylation sites is 1. The number of hydrogen-bond acceptors (Lipinski definition) is 1. The second-order valence-electron chi connectivity index (χ2n) is 10.7. The fourth-order valence-corrected chi connectivity index (χ4v) is 6.27. The van der Waals surface area contributed by atoms with Crippen molar-refractivity contribution in [3.8, 4) is 33.4 Å². The van der Waals surface area contributed by atoms with Crippen molar-refractivity contribution < 1.29 is 14.0 Å². The largest absolute Gasteiger partial charge is 0.456 e. The standard InChI is InChI=1S/C42H26O/c1-2-10-27(11-3-1)30-20-22-36-38(25-30)42(31-19-18-28-12-4-5-13-29(28)24-31)35-16-7-6-15-34(35)41(36)32-21-23-40-37(26-32)33-14-8-9-17-39(33)43-40/h1-26H/i6D,7D,15D,16D,20D,22D,25D. The molecule has 1 heterocycles. The normalized spacial score (nSPS) is 14.0. The lowest BCUT2D eigenvalue weighted by Crippen LogP contribution is -1.92. The molecule has 9 rings (SSSR count). The van der Waals surface area contributed by atoms with E-state index in [9.17, 15) is 6.85 Å². The molecule has 0 unspecified atom stereocenters. The summed E-state index contributed by atoms with van der Waals surface area (Å²) in [7, 11) is 0. The van der Waals surface area contributed by atoms with Gasteiger partial charge in [-0.05, 0) is 96.0 Å². The van der Waals surface area contributed by atoms with E-state index in [2.05, 4.69) is 0 Å². The van der Waals surface area contributed by atoms with Crippen LogP contribution in [-0.2, 0) is 0 Å². The van der Waals surface area contributed by atoms with Crippen molar-refractivity contribution in [2.24, 2.45) is 0 Å². The van der Waals surface area contributed by atoms with Gasteiger partial charge in [0, 0.05) is 10.8 Å². The smallest absolute Gasteiger partial charge is 0.135 e. The van der Waals surface area contributed by atoms with Crippen LogP contribution in [0.5, 0.6) is 0 Å². The maximum Gasteiger partial charge on any atom is 0.135 e. The fourth-order valence-electron chi connectivity index (χ4n) is 6.27. The van der Waals surface area contributed by atoms with Crippen LogP contribution in [0.4, 0.5) is 0 Å². The molecule has 1 aromatic heterocycles. The Morgan fingerprint density at radius 2 is 1.05 bits per heavy atom. The second-order valence-corrected chi connectivity index (χ2v) is 10.7. The van der Waals surface area contributed by atoms with Gasteiger partial charge in [-0.2, -0.15) is 0 Å². The molecule has 0 saturated carbocycles. The lowest BCUT2D eigenvalue weighted by atomic mass is 9.84. The molecule has 0 bridgehead atoms. The Morgan fingerprint density at radius 1 is 0.395 bits per heavy atom. The molecule has 0 amide bonds. The minimum atomic E-state index is -0.396. The first-order valence-electron chi connectivity index (χ1n) is 17.7. The topological polar surface area (TPSA) is 13.1 Å². The number of fused-ring (bicyclic) bond motifs is 6. The molecule has 0 fully saturated rings. The van der Waals surface area contributed by atoms with E-state index in [0.717, 1.165) is 21.5 Å². The molecule has 200 valence electrons. The van der Waals surface area contributed by atoms with Crippen LogP contribution in [0.2, 0.25) is 0 Å². The lowest BCUT2D eigenvalue weighted by molar-refractivity contribution is 0.669. The maximum absolute atomic E-state index is 9.83. The third-order valence-corrected chi connectivity index (χ3v) is 8.27. The van der Waals surface area contributed by atoms with Crippen LogP contribution in [0.1, 0.15) is 9.60 Å². The first-order chi connectivity index (χ1) is 24.2. The average Bonchev–Trinajstić information content (AvgIpc) is 3.52. The monoisotopic (exact) mass is 553 g/mol. The van der Waals surface area contributed by atoms with Crippen molar-refractivity contribution in [1.29, 1.82) is 0 Å². The van der Waals surface area contributed by atoms with Crippen molar-refractivity contribution in [2.45, 2.75) is 0 Å². The lowest BCUT2D eigenvalue weighted by Gasteiger charge is -2.19. The molecule has 0 N–H and O–H groups in total. The van der Waals surface area contributed by atoms with E-state index >= 15 is 0 Å². The third-order valence-electron chi connectivity index (χ3n) is 8.27. The van der Waals surface area contributed by atoms with Crippen LogP contribution >= 0.6 is 0 Å². The zero-order valence-electron chi connectivity index (χ0n) is 29.9. The van der Waals surface area contributed by atoms with Crippen LogP contribution in [0, 0.1) is 0 Å². The van der Waals surface area contributed by atoms with E-state index in [4.69, 9.17) is 7.16 Å². The van der Waals surface area contributed by atoms with Gasteiger partial charge in [-0.3, -0.25) is 0 Å². The van der Waals surface area contributed by atoms with E-state index in [-0.39, 0.29) is 58.0 Å². The SMILES string of the molecule is [2H]c1c([2H])c([2H])c2c(-c3ccc4ccccc4c3)c3c([2H])c(-c4ccccc4)c([2H])c([2H])c3c(-c3ccc4oc5ccccc5c4c3)c2c1[2H]. The summed E-state index contributed by atoms with van der Waals surface area (Å²) in [5, 5.41) is 4.74. The molecule has 0 saturated heterocycles. The Bertz CT molecular complexity index is 2890. The minimum absolute atomic E-state index is 0.0146. The molecule has 1 nitrogen and oxygen atoms in total. The number of furan rings is 1. The van der Waals surface area contributed by atoms with Crippen molar-refractivity contribution in [3.63, 3.8) is 0 Å². The minimum Gasteiger partial charge on any atom is -0.456 e. The highest BCUT2D eigenvalue weighted by Gasteiger charge is 2.19. The molecule has 0 aliphatic rings. The molecular weight excluding hydrogens is 520 g/mol. The Hall–Kier alpha value is -5.66. The summed E-state index contributed by atoms with van der Waals surface area (Å²) in [6.07, 6.45) is 0. The predicted molar refractivity (Wildman–Crippen MR) is 183 cm³/mol. The quantitative estimate of drug-likeness (QED) is 0.198. The Labute approximate surface area is 259 Å². The highest BCUT2D eigenvalue weighted by Crippen LogP contribution is 2.46. The molecule has 43 heavy (non-hydrogen) atoms. The van der Waals surface area contributed by atoms with Crippen molar-refractivity contribution in [3.05, 3.63) is 158 Å². The molecule has 0 radical (unpaired) electrons. The van der Waals surface area contributed by atoms with Crippen LogP contribution < -0.4 is 0 Å². The first-order valence-corrected chi connectivity index (χ1v) is 14.2. The Kier molecular flexibility index (Phi) is 3.95. The maximum atomic E-state index is 9.83. The predicted octanol–water partition coefficient (Wildman–Crippen LogP) is 12.0. The number of rotatable bonds is 3. The van der Waals surface area contributed by atoms with Crippen LogP contribution in [0.3, 0.4) is 0 Å². The molecule has 0 aliphatic carbocycles. The zero-order chi connectivity index (χ0) is 34.4. The summed E-state index contributed by atoms with van der Waals surface area (Å²) in [6, 6.07) is 34.6. The van der Waals surface area contributed by atoms with Gasteiger partial charge in [-0.1, -0.05) is 127 Å². The van der Waals surface area contributed by atoms with Crippen LogP contribution in [-0.4, -0.2) is 0 Å². The Morgan fingerprint density at radius 3 is 1.91 bits per heavy atom. The summed E-state index contributed by atoms with van der Waals surface area (Å²) < 4.78 is 71.2. The van der Waals surface area contributed by atoms with Gasteiger partial charge in [0.05, 0.1) is 9.60 Å². The molecular formula is C42H26O. The van der Waals surface area contributed by atoms with Gasteiger partial charge >= 0.3 is 0 Å². The van der Waals surface area contributed by atoms with E-state index in [1.165, 1.54) is 0 Å². The highest BCUT2D eigenvalue weighted by molar-refractivity contribution is 6.23.